The molecular weight excluding hydrogens is 112 g/mol. The van der Waals surface area contributed by atoms with Crippen molar-refractivity contribution in [3.63, 3.8) is 0 Å². The van der Waals surface area contributed by atoms with Gasteiger partial charge in [0.2, 0.25) is 0 Å². The molecule has 0 bridgehead atoms. The summed E-state index contributed by atoms with van der Waals surface area (Å²) < 4.78 is 0. The van der Waals surface area contributed by atoms with Gasteiger partial charge in [-0.2, -0.15) is 0 Å². The molecule has 0 aliphatic carbocycles. The summed E-state index contributed by atoms with van der Waals surface area (Å²) in [4.78, 5) is 0. The highest BCUT2D eigenvalue weighted by molar-refractivity contribution is 6.48. The van der Waals surface area contributed by atoms with Gasteiger partial charge in [0.25, 0.3) is 0 Å². The molecule has 0 spiro atoms. The van der Waals surface area contributed by atoms with E-state index in [1.165, 1.54) is 0 Å². The lowest BCUT2D eigenvalue weighted by molar-refractivity contribution is 1.45. The molecule has 0 atom stereocenters. The molecule has 0 heterocycles. The molecule has 40 valence electrons. The first-order valence-electron chi connectivity index (χ1n) is 1.87. The minimum atomic E-state index is 0.148. The first-order chi connectivity index (χ1) is 3.18. The Morgan fingerprint density at radius 2 is 2.00 bits per heavy atom. The Kier molecular flexibility index (Phi) is 2.60. The summed E-state index contributed by atoms with van der Waals surface area (Å²) in [5.74, 6) is 0.148. The molecule has 0 fully saturated rings. The topological polar surface area (TPSA) is 47.7 Å². The summed E-state index contributed by atoms with van der Waals surface area (Å²) in [6.45, 7) is 1.55. The molecule has 0 radical (unpaired) electrons. The minimum Gasteiger partial charge on any atom is -0.304 e. The van der Waals surface area contributed by atoms with Gasteiger partial charge < -0.3 is 10.8 Å². The van der Waals surface area contributed by atoms with E-state index >= 15 is 0 Å². The molecule has 0 rings (SSSR count). The Balaban J connectivity index is 3.58. The Morgan fingerprint density at radius 3 is 2.00 bits per heavy atom. The molecule has 0 aromatic rings. The molecule has 0 aliphatic heterocycles. The second kappa shape index (κ2) is 2.75. The van der Waals surface area contributed by atoms with E-state index in [2.05, 4.69) is 0 Å². The van der Waals surface area contributed by atoms with Crippen molar-refractivity contribution in [1.82, 2.24) is 0 Å². The van der Waals surface area contributed by atoms with Crippen LogP contribution in [0.2, 0.25) is 0 Å². The predicted octanol–water partition coefficient (Wildman–Crippen LogP) is 1.28. The molecule has 2 N–H and O–H groups in total. The lowest BCUT2D eigenvalue weighted by atomic mass is 10.3. The smallest absolute Gasteiger partial charge is 0.0666 e. The SMILES string of the molecule is CC(=N)C(=N)CCl. The van der Waals surface area contributed by atoms with Crippen LogP contribution in [-0.2, 0) is 0 Å². The van der Waals surface area contributed by atoms with Crippen LogP contribution in [0.4, 0.5) is 0 Å². The fourth-order valence-electron chi connectivity index (χ4n) is 0.100. The van der Waals surface area contributed by atoms with Gasteiger partial charge in [0.05, 0.1) is 17.3 Å². The van der Waals surface area contributed by atoms with Gasteiger partial charge in [0, 0.05) is 0 Å². The van der Waals surface area contributed by atoms with E-state index in [0.717, 1.165) is 0 Å². The first kappa shape index (κ1) is 6.63. The maximum Gasteiger partial charge on any atom is 0.0666 e. The van der Waals surface area contributed by atoms with E-state index in [4.69, 9.17) is 22.4 Å². The largest absolute Gasteiger partial charge is 0.304 e. The van der Waals surface area contributed by atoms with Crippen molar-refractivity contribution in [3.8, 4) is 0 Å². The van der Waals surface area contributed by atoms with Gasteiger partial charge in [-0.25, -0.2) is 0 Å². The molecule has 0 saturated heterocycles. The van der Waals surface area contributed by atoms with Crippen LogP contribution >= 0.6 is 11.6 Å². The van der Waals surface area contributed by atoms with Gasteiger partial charge in [-0.3, -0.25) is 0 Å². The zero-order valence-electron chi connectivity index (χ0n) is 4.09. The van der Waals surface area contributed by atoms with Crippen molar-refractivity contribution in [2.75, 3.05) is 5.88 Å². The lowest BCUT2D eigenvalue weighted by Gasteiger charge is -1.89. The quantitative estimate of drug-likeness (QED) is 0.406. The highest BCUT2D eigenvalue weighted by Gasteiger charge is 1.92. The fraction of sp³-hybridized carbons (Fsp3) is 0.500. The normalized spacial score (nSPS) is 8.29. The highest BCUT2D eigenvalue weighted by atomic mass is 35.5. The maximum absolute atomic E-state index is 6.84. The third kappa shape index (κ3) is 2.34. The van der Waals surface area contributed by atoms with Crippen LogP contribution in [0.15, 0.2) is 0 Å². The summed E-state index contributed by atoms with van der Waals surface area (Å²) in [7, 11) is 0. The Bertz CT molecular complexity index is 97.9. The fourth-order valence-corrected chi connectivity index (χ4v) is 0.301. The van der Waals surface area contributed by atoms with Gasteiger partial charge in [-0.15, -0.1) is 11.6 Å². The number of alkyl halides is 1. The van der Waals surface area contributed by atoms with Crippen molar-refractivity contribution >= 4 is 23.0 Å². The van der Waals surface area contributed by atoms with Crippen LogP contribution in [0.25, 0.3) is 0 Å². The first-order valence-corrected chi connectivity index (χ1v) is 2.41. The van der Waals surface area contributed by atoms with Crippen LogP contribution < -0.4 is 0 Å². The van der Waals surface area contributed by atoms with E-state index in [9.17, 15) is 0 Å². The molecule has 0 saturated carbocycles. The van der Waals surface area contributed by atoms with Crippen LogP contribution in [-0.4, -0.2) is 17.3 Å². The minimum absolute atomic E-state index is 0.148. The third-order valence-corrected chi connectivity index (χ3v) is 0.854. The van der Waals surface area contributed by atoms with Crippen molar-refractivity contribution in [1.29, 1.82) is 10.8 Å². The molecule has 0 amide bonds. The number of nitrogens with one attached hydrogen (secondary N) is 2. The summed E-state index contributed by atoms with van der Waals surface area (Å²) in [6.07, 6.45) is 0. The van der Waals surface area contributed by atoms with E-state index < -0.39 is 0 Å². The van der Waals surface area contributed by atoms with Crippen molar-refractivity contribution in [2.45, 2.75) is 6.92 Å². The van der Waals surface area contributed by atoms with E-state index in [0.29, 0.717) is 0 Å². The van der Waals surface area contributed by atoms with Crippen molar-refractivity contribution in [3.05, 3.63) is 0 Å². The highest BCUT2D eigenvalue weighted by Crippen LogP contribution is 1.79. The monoisotopic (exact) mass is 118 g/mol. The zero-order valence-corrected chi connectivity index (χ0v) is 4.84. The van der Waals surface area contributed by atoms with Crippen molar-refractivity contribution in [2.24, 2.45) is 0 Å². The average Bonchev–Trinajstić information content (AvgIpc) is 1.65. The Hall–Kier alpha value is -0.370. The summed E-state index contributed by atoms with van der Waals surface area (Å²) >= 11 is 5.18. The van der Waals surface area contributed by atoms with Gasteiger partial charge >= 0.3 is 0 Å². The zero-order chi connectivity index (χ0) is 5.86. The molecule has 0 aromatic carbocycles. The van der Waals surface area contributed by atoms with Crippen LogP contribution in [0.5, 0.6) is 0 Å². The Labute approximate surface area is 47.5 Å². The third-order valence-electron chi connectivity index (χ3n) is 0.586. The molecule has 0 aliphatic rings. The van der Waals surface area contributed by atoms with E-state index in [-0.39, 0.29) is 17.3 Å². The van der Waals surface area contributed by atoms with Gasteiger partial charge in [-0.1, -0.05) is 0 Å². The maximum atomic E-state index is 6.84. The molecule has 0 unspecified atom stereocenters. The number of hydrogen-bond acceptors (Lipinski definition) is 2. The van der Waals surface area contributed by atoms with Gasteiger partial charge in [0.1, 0.15) is 0 Å². The van der Waals surface area contributed by atoms with Crippen LogP contribution in [0, 0.1) is 10.8 Å². The molecule has 2 nitrogen and oxygen atoms in total. The van der Waals surface area contributed by atoms with Gasteiger partial charge in [-0.05, 0) is 6.92 Å². The average molecular weight is 119 g/mol. The predicted molar refractivity (Wildman–Crippen MR) is 31.8 cm³/mol. The van der Waals surface area contributed by atoms with E-state index in [1.807, 2.05) is 0 Å². The second-order valence-corrected chi connectivity index (χ2v) is 1.50. The number of hydrogen-bond donors (Lipinski definition) is 2. The van der Waals surface area contributed by atoms with Crippen LogP contribution in [0.3, 0.4) is 0 Å². The lowest BCUT2D eigenvalue weighted by Crippen LogP contribution is -2.07. The van der Waals surface area contributed by atoms with Crippen LogP contribution in [0.1, 0.15) is 6.92 Å². The number of halogens is 1. The standard InChI is InChI=1S/C4H7ClN2/c1-3(6)4(7)2-5/h6-7H,2H2,1H3. The second-order valence-electron chi connectivity index (χ2n) is 1.24. The summed E-state index contributed by atoms with van der Waals surface area (Å²) in [5.41, 5.74) is 0.441. The summed E-state index contributed by atoms with van der Waals surface area (Å²) in [5, 5.41) is 13.6. The Morgan fingerprint density at radius 1 is 1.57 bits per heavy atom. The van der Waals surface area contributed by atoms with E-state index in [1.54, 1.807) is 6.92 Å². The molecular formula is C4H7ClN2. The molecule has 3 heteroatoms. The van der Waals surface area contributed by atoms with Crippen molar-refractivity contribution < 1.29 is 0 Å². The summed E-state index contributed by atoms with van der Waals surface area (Å²) in [6, 6.07) is 0. The molecule has 0 aromatic heterocycles. The molecule has 7 heavy (non-hydrogen) atoms. The number of rotatable bonds is 2. The van der Waals surface area contributed by atoms with Gasteiger partial charge in [0.15, 0.2) is 0 Å².